The van der Waals surface area contributed by atoms with Gasteiger partial charge in [0.05, 0.1) is 6.20 Å². The molecule has 0 saturated heterocycles. The molecule has 0 fully saturated rings. The zero-order valence-corrected chi connectivity index (χ0v) is 10.2. The van der Waals surface area contributed by atoms with E-state index in [1.807, 2.05) is 0 Å². The first kappa shape index (κ1) is 11.8. The molecule has 6 heteroatoms. The first-order valence-electron chi connectivity index (χ1n) is 5.83. The topological polar surface area (TPSA) is 46.9 Å². The van der Waals surface area contributed by atoms with E-state index in [9.17, 15) is 13.6 Å². The Bertz CT molecular complexity index is 666. The molecule has 1 amide bonds. The third-order valence-electron chi connectivity index (χ3n) is 3.33. The van der Waals surface area contributed by atoms with Crippen LogP contribution in [0.15, 0.2) is 24.4 Å². The second-order valence-electron chi connectivity index (χ2n) is 4.54. The van der Waals surface area contributed by atoms with Crippen LogP contribution in [0.4, 0.5) is 14.6 Å². The molecule has 2 aromatic rings. The van der Waals surface area contributed by atoms with Crippen LogP contribution in [0.1, 0.15) is 23.5 Å². The van der Waals surface area contributed by atoms with Gasteiger partial charge in [-0.3, -0.25) is 9.48 Å². The molecule has 0 bridgehead atoms. The number of benzene rings is 1. The zero-order chi connectivity index (χ0) is 13.6. The minimum absolute atomic E-state index is 0.126. The van der Waals surface area contributed by atoms with Crippen molar-refractivity contribution < 1.29 is 13.6 Å². The van der Waals surface area contributed by atoms with Crippen molar-refractivity contribution in [3.05, 3.63) is 47.2 Å². The Hall–Kier alpha value is -2.24. The van der Waals surface area contributed by atoms with Gasteiger partial charge in [-0.25, -0.2) is 8.78 Å². The number of anilines is 1. The van der Waals surface area contributed by atoms with Crippen LogP contribution in [0.25, 0.3) is 0 Å². The van der Waals surface area contributed by atoms with Gasteiger partial charge in [-0.1, -0.05) is 6.07 Å². The molecule has 1 aromatic heterocycles. The van der Waals surface area contributed by atoms with Crippen LogP contribution < -0.4 is 5.32 Å². The van der Waals surface area contributed by atoms with Gasteiger partial charge in [0.25, 0.3) is 0 Å². The van der Waals surface area contributed by atoms with Crippen LogP contribution in [-0.2, 0) is 11.8 Å². The summed E-state index contributed by atoms with van der Waals surface area (Å²) in [5.74, 6) is -1.35. The van der Waals surface area contributed by atoms with Gasteiger partial charge >= 0.3 is 0 Å². The number of carbonyl (C=O) groups excluding carboxylic acids is 1. The lowest BCUT2D eigenvalue weighted by atomic mass is 9.87. The smallest absolute Gasteiger partial charge is 0.226 e. The summed E-state index contributed by atoms with van der Waals surface area (Å²) in [7, 11) is 1.70. The maximum atomic E-state index is 13.9. The Labute approximate surface area is 108 Å². The lowest BCUT2D eigenvalue weighted by molar-refractivity contribution is -0.116. The van der Waals surface area contributed by atoms with E-state index in [4.69, 9.17) is 0 Å². The van der Waals surface area contributed by atoms with Crippen molar-refractivity contribution in [2.24, 2.45) is 7.05 Å². The summed E-state index contributed by atoms with van der Waals surface area (Å²) in [4.78, 5) is 11.7. The summed E-state index contributed by atoms with van der Waals surface area (Å²) in [5, 5.41) is 6.76. The van der Waals surface area contributed by atoms with Crippen LogP contribution in [0.2, 0.25) is 0 Å². The van der Waals surface area contributed by atoms with Crippen molar-refractivity contribution in [2.75, 3.05) is 5.32 Å². The zero-order valence-electron chi connectivity index (χ0n) is 10.2. The average molecular weight is 263 g/mol. The lowest BCUT2D eigenvalue weighted by Gasteiger charge is -2.23. The summed E-state index contributed by atoms with van der Waals surface area (Å²) in [5.41, 5.74) is 1.05. The van der Waals surface area contributed by atoms with Crippen LogP contribution in [0.5, 0.6) is 0 Å². The first-order valence-corrected chi connectivity index (χ1v) is 5.83. The monoisotopic (exact) mass is 263 g/mol. The Balaban J connectivity index is 2.12. The molecule has 0 aliphatic carbocycles. The largest absolute Gasteiger partial charge is 0.311 e. The van der Waals surface area contributed by atoms with E-state index in [0.717, 1.165) is 11.6 Å². The maximum Gasteiger partial charge on any atom is 0.226 e. The molecular formula is C13H11F2N3O. The van der Waals surface area contributed by atoms with Crippen LogP contribution >= 0.6 is 0 Å². The van der Waals surface area contributed by atoms with E-state index >= 15 is 0 Å². The highest BCUT2D eigenvalue weighted by Gasteiger charge is 2.30. The van der Waals surface area contributed by atoms with E-state index in [0.29, 0.717) is 11.4 Å². The fourth-order valence-corrected chi connectivity index (χ4v) is 2.40. The number of fused-ring (bicyclic) bond motifs is 1. The molecule has 0 saturated carbocycles. The van der Waals surface area contributed by atoms with Gasteiger partial charge in [0.15, 0.2) is 0 Å². The number of aromatic nitrogens is 2. The molecule has 1 aliphatic heterocycles. The third-order valence-corrected chi connectivity index (χ3v) is 3.33. The van der Waals surface area contributed by atoms with Gasteiger partial charge in [-0.15, -0.1) is 0 Å². The number of hydrogen-bond donors (Lipinski definition) is 1. The van der Waals surface area contributed by atoms with Gasteiger partial charge in [0.2, 0.25) is 5.91 Å². The quantitative estimate of drug-likeness (QED) is 0.857. The molecule has 3 rings (SSSR count). The predicted octanol–water partition coefficient (Wildman–Crippen LogP) is 2.17. The van der Waals surface area contributed by atoms with Gasteiger partial charge in [0, 0.05) is 31.0 Å². The minimum atomic E-state index is -0.644. The first-order chi connectivity index (χ1) is 9.06. The van der Waals surface area contributed by atoms with Gasteiger partial charge < -0.3 is 5.32 Å². The number of amides is 1. The van der Waals surface area contributed by atoms with Crippen molar-refractivity contribution in [3.8, 4) is 0 Å². The number of hydrogen-bond acceptors (Lipinski definition) is 2. The van der Waals surface area contributed by atoms with Crippen molar-refractivity contribution in [1.82, 2.24) is 9.78 Å². The SMILES string of the molecule is Cn1ncc2c1NC(=O)C[C@@H]2c1ccc(F)cc1F. The number of rotatable bonds is 1. The third kappa shape index (κ3) is 1.89. The average Bonchev–Trinajstić information content (AvgIpc) is 2.71. The van der Waals surface area contributed by atoms with Gasteiger partial charge in [0.1, 0.15) is 17.5 Å². The normalized spacial score (nSPS) is 18.1. The molecular weight excluding hydrogens is 252 g/mol. The fraction of sp³-hybridized carbons (Fsp3) is 0.231. The molecule has 1 aromatic carbocycles. The Morgan fingerprint density at radius 3 is 2.89 bits per heavy atom. The number of nitrogens with zero attached hydrogens (tertiary/aromatic N) is 2. The summed E-state index contributed by atoms with van der Waals surface area (Å²) >= 11 is 0. The van der Waals surface area contributed by atoms with Crippen molar-refractivity contribution in [1.29, 1.82) is 0 Å². The molecule has 1 N–H and O–H groups in total. The Morgan fingerprint density at radius 1 is 1.37 bits per heavy atom. The highest BCUT2D eigenvalue weighted by Crippen LogP contribution is 2.37. The van der Waals surface area contributed by atoms with E-state index in [2.05, 4.69) is 10.4 Å². The van der Waals surface area contributed by atoms with Crippen molar-refractivity contribution in [3.63, 3.8) is 0 Å². The Kier molecular flexibility index (Phi) is 2.58. The molecule has 0 unspecified atom stereocenters. The predicted molar refractivity (Wildman–Crippen MR) is 64.7 cm³/mol. The highest BCUT2D eigenvalue weighted by molar-refractivity contribution is 5.94. The van der Waals surface area contributed by atoms with Crippen molar-refractivity contribution >= 4 is 11.7 Å². The summed E-state index contributed by atoms with van der Waals surface area (Å²) in [6.45, 7) is 0. The van der Waals surface area contributed by atoms with E-state index in [-0.39, 0.29) is 12.3 Å². The minimum Gasteiger partial charge on any atom is -0.311 e. The molecule has 1 aliphatic rings. The maximum absolute atomic E-state index is 13.9. The second-order valence-corrected chi connectivity index (χ2v) is 4.54. The number of halogens is 2. The molecule has 98 valence electrons. The number of carbonyl (C=O) groups is 1. The lowest BCUT2D eigenvalue weighted by Crippen LogP contribution is -2.24. The van der Waals surface area contributed by atoms with Crippen LogP contribution in [0, 0.1) is 11.6 Å². The second kappa shape index (κ2) is 4.15. The van der Waals surface area contributed by atoms with E-state index < -0.39 is 17.6 Å². The summed E-state index contributed by atoms with van der Waals surface area (Å²) in [6, 6.07) is 3.41. The Morgan fingerprint density at radius 2 is 2.16 bits per heavy atom. The molecule has 19 heavy (non-hydrogen) atoms. The fourth-order valence-electron chi connectivity index (χ4n) is 2.40. The van der Waals surface area contributed by atoms with E-state index in [1.165, 1.54) is 16.8 Å². The van der Waals surface area contributed by atoms with Gasteiger partial charge in [-0.2, -0.15) is 5.10 Å². The van der Waals surface area contributed by atoms with Crippen molar-refractivity contribution in [2.45, 2.75) is 12.3 Å². The van der Waals surface area contributed by atoms with Crippen LogP contribution in [0.3, 0.4) is 0 Å². The molecule has 0 radical (unpaired) electrons. The van der Waals surface area contributed by atoms with Crippen LogP contribution in [-0.4, -0.2) is 15.7 Å². The molecule has 2 heterocycles. The molecule has 1 atom stereocenters. The standard InChI is InChI=1S/C13H11F2N3O/c1-18-13-10(6-16-18)9(5-12(19)17-13)8-3-2-7(14)4-11(8)15/h2-4,6,9H,5H2,1H3,(H,17,19)/t9-/m1/s1. The molecule has 0 spiro atoms. The number of aryl methyl sites for hydroxylation is 1. The molecule has 4 nitrogen and oxygen atoms in total. The number of nitrogens with one attached hydrogen (secondary N) is 1. The summed E-state index contributed by atoms with van der Waals surface area (Å²) in [6.07, 6.45) is 1.73. The highest BCUT2D eigenvalue weighted by atomic mass is 19.1. The van der Waals surface area contributed by atoms with Gasteiger partial charge in [-0.05, 0) is 11.6 Å². The van der Waals surface area contributed by atoms with E-state index in [1.54, 1.807) is 13.2 Å². The summed E-state index contributed by atoms with van der Waals surface area (Å²) < 4.78 is 28.3.